The molecule has 1 unspecified atom stereocenters. The number of halogens is 1. The van der Waals surface area contributed by atoms with Crippen molar-refractivity contribution in [2.75, 3.05) is 0 Å². The van der Waals surface area contributed by atoms with E-state index in [1.54, 1.807) is 0 Å². The Morgan fingerprint density at radius 1 is 0.833 bits per heavy atom. The lowest BCUT2D eigenvalue weighted by Crippen LogP contribution is -2.27. The van der Waals surface area contributed by atoms with E-state index < -0.39 is 0 Å². The van der Waals surface area contributed by atoms with Crippen LogP contribution in [0.1, 0.15) is 93.2 Å². The third-order valence-corrected chi connectivity index (χ3v) is 9.86. The van der Waals surface area contributed by atoms with Crippen molar-refractivity contribution in [2.45, 2.75) is 96.1 Å². The van der Waals surface area contributed by atoms with Crippen molar-refractivity contribution in [1.82, 2.24) is 4.57 Å². The standard InChI is InChI=1S/C38H46N2O.ClH/c1-27-9-8-14-32(21-27)35(24-34(41)22-28-15-18-33(39)19-16-28)37-26-40(25-29-10-4-2-5-11-29)38-20-17-31(23-36(37)38)30-12-6-3-7-13-30;/h3,6-9,12-14,17,20-21,23,26,28-29,33,35H,2,4-5,10-11,15-16,18-19,22,24-25,39H2,1H3;1H. The number of nitrogens with two attached hydrogens (primary N) is 1. The van der Waals surface area contributed by atoms with Gasteiger partial charge in [0.15, 0.2) is 0 Å². The molecule has 0 saturated heterocycles. The summed E-state index contributed by atoms with van der Waals surface area (Å²) in [4.78, 5) is 13.7. The number of aromatic nitrogens is 1. The molecule has 3 nitrogen and oxygen atoms in total. The van der Waals surface area contributed by atoms with Crippen LogP contribution in [0.5, 0.6) is 0 Å². The van der Waals surface area contributed by atoms with Crippen molar-refractivity contribution in [3.05, 3.63) is 95.7 Å². The van der Waals surface area contributed by atoms with Crippen molar-refractivity contribution in [1.29, 1.82) is 0 Å². The highest BCUT2D eigenvalue weighted by Gasteiger charge is 2.27. The molecular weight excluding hydrogens is 536 g/mol. The molecule has 2 saturated carbocycles. The Hall–Kier alpha value is -2.88. The topological polar surface area (TPSA) is 48.0 Å². The Kier molecular flexibility index (Phi) is 10.2. The first-order chi connectivity index (χ1) is 20.0. The predicted molar refractivity (Wildman–Crippen MR) is 178 cm³/mol. The normalized spacial score (nSPS) is 20.2. The first-order valence-corrected chi connectivity index (χ1v) is 16.1. The third-order valence-electron chi connectivity index (χ3n) is 9.86. The zero-order valence-electron chi connectivity index (χ0n) is 25.1. The van der Waals surface area contributed by atoms with E-state index in [-0.39, 0.29) is 18.3 Å². The minimum absolute atomic E-state index is 0. The fourth-order valence-electron chi connectivity index (χ4n) is 7.53. The fourth-order valence-corrected chi connectivity index (χ4v) is 7.53. The van der Waals surface area contributed by atoms with Gasteiger partial charge in [0.05, 0.1) is 0 Å². The van der Waals surface area contributed by atoms with Gasteiger partial charge in [0.2, 0.25) is 0 Å². The number of carbonyl (C=O) groups is 1. The number of Topliss-reactive ketones (excluding diaryl/α,β-unsaturated/α-hetero) is 1. The highest BCUT2D eigenvalue weighted by molar-refractivity contribution is 5.90. The maximum atomic E-state index is 13.7. The molecule has 42 heavy (non-hydrogen) atoms. The number of carbonyl (C=O) groups excluding carboxylic acids is 1. The third kappa shape index (κ3) is 7.18. The molecule has 0 bridgehead atoms. The Morgan fingerprint density at radius 3 is 2.33 bits per heavy atom. The van der Waals surface area contributed by atoms with Crippen LogP contribution in [0.3, 0.4) is 0 Å². The van der Waals surface area contributed by atoms with Crippen molar-refractivity contribution in [3.63, 3.8) is 0 Å². The van der Waals surface area contributed by atoms with Crippen LogP contribution in [0.4, 0.5) is 0 Å². The summed E-state index contributed by atoms with van der Waals surface area (Å²) in [6.07, 6.45) is 14.6. The van der Waals surface area contributed by atoms with Crippen LogP contribution in [0.15, 0.2) is 79.0 Å². The minimum Gasteiger partial charge on any atom is -0.347 e. The molecule has 4 aromatic rings. The monoisotopic (exact) mass is 582 g/mol. The second kappa shape index (κ2) is 14.1. The average molecular weight is 583 g/mol. The number of benzene rings is 3. The van der Waals surface area contributed by atoms with Crippen molar-refractivity contribution in [3.8, 4) is 11.1 Å². The Bertz CT molecular complexity index is 1460. The lowest BCUT2D eigenvalue weighted by Gasteiger charge is -2.26. The molecule has 222 valence electrons. The van der Waals surface area contributed by atoms with E-state index in [0.717, 1.165) is 38.1 Å². The number of nitrogens with zero attached hydrogens (tertiary/aromatic N) is 1. The van der Waals surface area contributed by atoms with Crippen LogP contribution in [-0.4, -0.2) is 16.4 Å². The van der Waals surface area contributed by atoms with Gasteiger partial charge in [-0.1, -0.05) is 85.5 Å². The molecule has 1 aromatic heterocycles. The average Bonchev–Trinajstić information content (AvgIpc) is 3.35. The number of rotatable bonds is 9. The summed E-state index contributed by atoms with van der Waals surface area (Å²) in [7, 11) is 0. The van der Waals surface area contributed by atoms with Crippen molar-refractivity contribution >= 4 is 29.1 Å². The molecule has 0 radical (unpaired) electrons. The van der Waals surface area contributed by atoms with Gasteiger partial charge in [-0.15, -0.1) is 12.4 Å². The smallest absolute Gasteiger partial charge is 0.134 e. The number of fused-ring (bicyclic) bond motifs is 1. The summed E-state index contributed by atoms with van der Waals surface area (Å²) in [5, 5.41) is 1.30. The first-order valence-electron chi connectivity index (χ1n) is 16.1. The molecule has 4 heteroatoms. The van der Waals surface area contributed by atoms with Gasteiger partial charge in [-0.2, -0.15) is 0 Å². The maximum Gasteiger partial charge on any atom is 0.134 e. The van der Waals surface area contributed by atoms with Gasteiger partial charge in [-0.25, -0.2) is 0 Å². The molecule has 2 aliphatic carbocycles. The summed E-state index contributed by atoms with van der Waals surface area (Å²) in [6, 6.07) is 26.8. The molecule has 2 N–H and O–H groups in total. The van der Waals surface area contributed by atoms with Crippen LogP contribution in [0, 0.1) is 18.8 Å². The van der Waals surface area contributed by atoms with E-state index in [4.69, 9.17) is 5.73 Å². The van der Waals surface area contributed by atoms with Gasteiger partial charge in [0, 0.05) is 48.4 Å². The highest BCUT2D eigenvalue weighted by Crippen LogP contribution is 2.39. The molecular formula is C38H47ClN2O. The van der Waals surface area contributed by atoms with E-state index in [1.165, 1.54) is 70.8 Å². The molecule has 2 fully saturated rings. The van der Waals surface area contributed by atoms with Crippen LogP contribution in [0.2, 0.25) is 0 Å². The summed E-state index contributed by atoms with van der Waals surface area (Å²) >= 11 is 0. The zero-order valence-corrected chi connectivity index (χ0v) is 26.0. The quantitative estimate of drug-likeness (QED) is 0.213. The predicted octanol–water partition coefficient (Wildman–Crippen LogP) is 9.62. The molecule has 6 rings (SSSR count). The second-order valence-corrected chi connectivity index (χ2v) is 13.0. The first kappa shape index (κ1) is 30.6. The van der Waals surface area contributed by atoms with E-state index in [1.807, 2.05) is 0 Å². The van der Waals surface area contributed by atoms with Crippen LogP contribution >= 0.6 is 12.4 Å². The van der Waals surface area contributed by atoms with Crippen molar-refractivity contribution in [2.24, 2.45) is 17.6 Å². The van der Waals surface area contributed by atoms with Crippen LogP contribution < -0.4 is 5.73 Å². The Morgan fingerprint density at radius 2 is 1.60 bits per heavy atom. The van der Waals surface area contributed by atoms with E-state index in [0.29, 0.717) is 30.6 Å². The minimum atomic E-state index is 0. The second-order valence-electron chi connectivity index (χ2n) is 13.0. The molecule has 1 heterocycles. The molecule has 3 aromatic carbocycles. The molecule has 1 atom stereocenters. The van der Waals surface area contributed by atoms with Crippen LogP contribution in [-0.2, 0) is 11.3 Å². The largest absolute Gasteiger partial charge is 0.347 e. The van der Waals surface area contributed by atoms with Gasteiger partial charge < -0.3 is 10.3 Å². The molecule has 2 aliphatic rings. The maximum absolute atomic E-state index is 13.7. The Balaban J connectivity index is 0.00000353. The Labute approximate surface area is 258 Å². The van der Waals surface area contributed by atoms with Gasteiger partial charge in [0.25, 0.3) is 0 Å². The van der Waals surface area contributed by atoms with E-state index in [2.05, 4.69) is 90.5 Å². The number of ketones is 1. The summed E-state index contributed by atoms with van der Waals surface area (Å²) < 4.78 is 2.52. The molecule has 0 aliphatic heterocycles. The SMILES string of the molecule is Cc1cccc(C(CC(=O)CC2CCC(N)CC2)c2cn(CC3CCCCC3)c3ccc(-c4ccccc4)cc23)c1.Cl. The summed E-state index contributed by atoms with van der Waals surface area (Å²) in [5.41, 5.74) is 13.7. The number of hydrogen-bond acceptors (Lipinski definition) is 2. The van der Waals surface area contributed by atoms with Gasteiger partial charge in [-0.3, -0.25) is 4.79 Å². The van der Waals surface area contributed by atoms with Gasteiger partial charge in [0.1, 0.15) is 5.78 Å². The number of hydrogen-bond donors (Lipinski definition) is 1. The van der Waals surface area contributed by atoms with E-state index in [9.17, 15) is 4.79 Å². The highest BCUT2D eigenvalue weighted by atomic mass is 35.5. The number of aryl methyl sites for hydroxylation is 1. The lowest BCUT2D eigenvalue weighted by atomic mass is 9.80. The van der Waals surface area contributed by atoms with Gasteiger partial charge in [-0.05, 0) is 91.7 Å². The molecule has 0 spiro atoms. The lowest BCUT2D eigenvalue weighted by molar-refractivity contribution is -0.120. The van der Waals surface area contributed by atoms with Crippen molar-refractivity contribution < 1.29 is 4.79 Å². The summed E-state index contributed by atoms with van der Waals surface area (Å²) in [5.74, 6) is 1.66. The molecule has 0 amide bonds. The van der Waals surface area contributed by atoms with Gasteiger partial charge >= 0.3 is 0 Å². The zero-order chi connectivity index (χ0) is 28.2. The summed E-state index contributed by atoms with van der Waals surface area (Å²) in [6.45, 7) is 3.23. The van der Waals surface area contributed by atoms with E-state index >= 15 is 0 Å². The fraction of sp³-hybridized carbons (Fsp3) is 0.447. The van der Waals surface area contributed by atoms with Crippen LogP contribution in [0.25, 0.3) is 22.0 Å².